The summed E-state index contributed by atoms with van der Waals surface area (Å²) in [5.74, 6) is 6.50. The van der Waals surface area contributed by atoms with Crippen molar-refractivity contribution in [3.05, 3.63) is 53.0 Å². The fourth-order valence-corrected chi connectivity index (χ4v) is 1.73. The molecule has 3 N–H and O–H groups in total. The van der Waals surface area contributed by atoms with E-state index in [4.69, 9.17) is 10.2 Å². The predicted molar refractivity (Wildman–Crippen MR) is 78.5 cm³/mol. The molecule has 4 heteroatoms. The maximum Gasteiger partial charge on any atom is 0.291 e. The van der Waals surface area contributed by atoms with Crippen LogP contribution in [0.2, 0.25) is 0 Å². The van der Waals surface area contributed by atoms with E-state index in [0.29, 0.717) is 18.0 Å². The molecule has 0 atom stereocenters. The predicted octanol–water partition coefficient (Wildman–Crippen LogP) is 2.46. The summed E-state index contributed by atoms with van der Waals surface area (Å²) in [7, 11) is 0. The number of hydrogen-bond acceptors (Lipinski definition) is 3. The van der Waals surface area contributed by atoms with Crippen LogP contribution >= 0.6 is 0 Å². The normalized spacial score (nSPS) is 9.75. The molecule has 1 aromatic heterocycles. The first-order valence-corrected chi connectivity index (χ1v) is 6.27. The van der Waals surface area contributed by atoms with Gasteiger partial charge in [-0.15, -0.1) is 0 Å². The van der Waals surface area contributed by atoms with E-state index >= 15 is 0 Å². The molecule has 2 rings (SSSR count). The highest BCUT2D eigenvalue weighted by atomic mass is 16.3. The van der Waals surface area contributed by atoms with Gasteiger partial charge < -0.3 is 15.5 Å². The number of anilines is 1. The molecular weight excluding hydrogens is 252 g/mol. The Bertz CT molecular complexity index is 690. The molecule has 0 bridgehead atoms. The highest BCUT2D eigenvalue weighted by Crippen LogP contribution is 2.16. The van der Waals surface area contributed by atoms with Crippen molar-refractivity contribution in [1.82, 2.24) is 0 Å². The number of benzene rings is 1. The third-order valence-electron chi connectivity index (χ3n) is 2.78. The lowest BCUT2D eigenvalue weighted by Gasteiger charge is -2.05. The summed E-state index contributed by atoms with van der Waals surface area (Å²) in [6.07, 6.45) is 0. The summed E-state index contributed by atoms with van der Waals surface area (Å²) in [5.41, 5.74) is 7.94. The lowest BCUT2D eigenvalue weighted by atomic mass is 10.1. The van der Waals surface area contributed by atoms with Crippen LogP contribution in [0.25, 0.3) is 0 Å². The van der Waals surface area contributed by atoms with Crippen molar-refractivity contribution < 1.29 is 9.21 Å². The Morgan fingerprint density at radius 2 is 2.10 bits per heavy atom. The van der Waals surface area contributed by atoms with Gasteiger partial charge in [-0.2, -0.15) is 0 Å². The molecule has 0 radical (unpaired) electrons. The molecule has 2 aromatic rings. The van der Waals surface area contributed by atoms with Crippen molar-refractivity contribution in [3.63, 3.8) is 0 Å². The number of amides is 1. The molecule has 0 aliphatic heterocycles. The highest BCUT2D eigenvalue weighted by molar-refractivity contribution is 6.02. The van der Waals surface area contributed by atoms with E-state index < -0.39 is 0 Å². The first-order chi connectivity index (χ1) is 9.60. The van der Waals surface area contributed by atoms with Gasteiger partial charge in [0.05, 0.1) is 6.54 Å². The molecule has 0 spiro atoms. The summed E-state index contributed by atoms with van der Waals surface area (Å²) in [6.45, 7) is 4.06. The Morgan fingerprint density at radius 1 is 1.30 bits per heavy atom. The fourth-order valence-electron chi connectivity index (χ4n) is 1.73. The monoisotopic (exact) mass is 268 g/mol. The second-order valence-electron chi connectivity index (χ2n) is 4.40. The first-order valence-electron chi connectivity index (χ1n) is 6.27. The molecule has 0 saturated carbocycles. The van der Waals surface area contributed by atoms with Gasteiger partial charge in [-0.25, -0.2) is 0 Å². The van der Waals surface area contributed by atoms with Crippen LogP contribution in [-0.4, -0.2) is 12.5 Å². The molecule has 0 aliphatic rings. The standard InChI is InChI=1S/C16H16N2O2/c1-11-5-7-14(10-13(11)4-3-9-17)18-16(19)15-8-6-12(2)20-15/h5-8,10H,9,17H2,1-2H3,(H,18,19). The Balaban J connectivity index is 2.19. The zero-order valence-corrected chi connectivity index (χ0v) is 11.5. The molecule has 4 nitrogen and oxygen atoms in total. The summed E-state index contributed by atoms with van der Waals surface area (Å²) in [4.78, 5) is 12.0. The number of nitrogens with two attached hydrogens (primary N) is 1. The Labute approximate surface area is 118 Å². The highest BCUT2D eigenvalue weighted by Gasteiger charge is 2.10. The van der Waals surface area contributed by atoms with E-state index in [-0.39, 0.29) is 11.7 Å². The number of carbonyl (C=O) groups excluding carboxylic acids is 1. The van der Waals surface area contributed by atoms with E-state index in [1.54, 1.807) is 19.1 Å². The maximum absolute atomic E-state index is 12.0. The van der Waals surface area contributed by atoms with Crippen molar-refractivity contribution in [2.45, 2.75) is 13.8 Å². The van der Waals surface area contributed by atoms with Gasteiger partial charge in [-0.3, -0.25) is 4.79 Å². The third kappa shape index (κ3) is 3.28. The SMILES string of the molecule is Cc1ccc(C(=O)Nc2ccc(C)c(C#CCN)c2)o1. The molecule has 102 valence electrons. The lowest BCUT2D eigenvalue weighted by Crippen LogP contribution is -2.11. The van der Waals surface area contributed by atoms with Crippen LogP contribution in [0.3, 0.4) is 0 Å². The van der Waals surface area contributed by atoms with E-state index in [1.807, 2.05) is 25.1 Å². The smallest absolute Gasteiger partial charge is 0.291 e. The molecule has 1 amide bonds. The van der Waals surface area contributed by atoms with Crippen molar-refractivity contribution in [1.29, 1.82) is 0 Å². The van der Waals surface area contributed by atoms with Gasteiger partial charge in [0.2, 0.25) is 0 Å². The number of rotatable bonds is 2. The fraction of sp³-hybridized carbons (Fsp3) is 0.188. The molecule has 20 heavy (non-hydrogen) atoms. The zero-order valence-electron chi connectivity index (χ0n) is 11.5. The maximum atomic E-state index is 12.0. The van der Waals surface area contributed by atoms with Crippen LogP contribution in [-0.2, 0) is 0 Å². The van der Waals surface area contributed by atoms with Gasteiger partial charge in [-0.05, 0) is 43.7 Å². The zero-order chi connectivity index (χ0) is 14.5. The van der Waals surface area contributed by atoms with Crippen LogP contribution in [0.1, 0.15) is 27.4 Å². The average molecular weight is 268 g/mol. The summed E-state index contributed by atoms with van der Waals surface area (Å²) < 4.78 is 5.28. The molecular formula is C16H16N2O2. The number of carbonyl (C=O) groups is 1. The topological polar surface area (TPSA) is 68.3 Å². The van der Waals surface area contributed by atoms with E-state index in [1.165, 1.54) is 0 Å². The minimum absolute atomic E-state index is 0.278. The second kappa shape index (κ2) is 6.09. The first kappa shape index (κ1) is 13.9. The molecule has 1 aromatic carbocycles. The van der Waals surface area contributed by atoms with Gasteiger partial charge in [0.15, 0.2) is 5.76 Å². The average Bonchev–Trinajstić information content (AvgIpc) is 2.86. The van der Waals surface area contributed by atoms with Crippen LogP contribution in [0.15, 0.2) is 34.7 Å². The van der Waals surface area contributed by atoms with Crippen molar-refractivity contribution in [2.24, 2.45) is 5.73 Å². The van der Waals surface area contributed by atoms with E-state index in [0.717, 1.165) is 11.1 Å². The van der Waals surface area contributed by atoms with Crippen LogP contribution in [0.5, 0.6) is 0 Å². The number of hydrogen-bond donors (Lipinski definition) is 2. The molecule has 1 heterocycles. The van der Waals surface area contributed by atoms with Crippen molar-refractivity contribution >= 4 is 11.6 Å². The quantitative estimate of drug-likeness (QED) is 0.822. The van der Waals surface area contributed by atoms with Gasteiger partial charge in [0.1, 0.15) is 5.76 Å². The Hall–Kier alpha value is -2.51. The molecule has 0 unspecified atom stereocenters. The Morgan fingerprint density at radius 3 is 2.75 bits per heavy atom. The summed E-state index contributed by atoms with van der Waals surface area (Å²) in [6, 6.07) is 8.96. The van der Waals surface area contributed by atoms with E-state index in [2.05, 4.69) is 17.2 Å². The molecule has 0 aliphatic carbocycles. The van der Waals surface area contributed by atoms with Crippen molar-refractivity contribution in [2.75, 3.05) is 11.9 Å². The minimum atomic E-state index is -0.278. The van der Waals surface area contributed by atoms with Gasteiger partial charge in [0.25, 0.3) is 5.91 Å². The number of aryl methyl sites for hydroxylation is 2. The van der Waals surface area contributed by atoms with Crippen LogP contribution in [0.4, 0.5) is 5.69 Å². The number of nitrogens with one attached hydrogen (secondary N) is 1. The Kier molecular flexibility index (Phi) is 4.24. The second-order valence-corrected chi connectivity index (χ2v) is 4.40. The van der Waals surface area contributed by atoms with Gasteiger partial charge in [-0.1, -0.05) is 17.9 Å². The van der Waals surface area contributed by atoms with Gasteiger partial charge >= 0.3 is 0 Å². The van der Waals surface area contributed by atoms with Crippen LogP contribution < -0.4 is 11.1 Å². The molecule has 0 saturated heterocycles. The van der Waals surface area contributed by atoms with Crippen molar-refractivity contribution in [3.8, 4) is 11.8 Å². The van der Waals surface area contributed by atoms with Gasteiger partial charge in [0, 0.05) is 11.3 Å². The molecule has 0 fully saturated rings. The third-order valence-corrected chi connectivity index (χ3v) is 2.78. The summed E-state index contributed by atoms with van der Waals surface area (Å²) >= 11 is 0. The summed E-state index contributed by atoms with van der Waals surface area (Å²) in [5, 5.41) is 2.78. The minimum Gasteiger partial charge on any atom is -0.456 e. The number of furan rings is 1. The van der Waals surface area contributed by atoms with Crippen LogP contribution in [0, 0.1) is 25.7 Å². The lowest BCUT2D eigenvalue weighted by molar-refractivity contribution is 0.0995. The van der Waals surface area contributed by atoms with E-state index in [9.17, 15) is 4.79 Å². The largest absolute Gasteiger partial charge is 0.456 e.